The first kappa shape index (κ1) is 31.8. The van der Waals surface area contributed by atoms with Gasteiger partial charge in [-0.3, -0.25) is 0 Å². The summed E-state index contributed by atoms with van der Waals surface area (Å²) in [6, 6.07) is 0. The maximum atomic E-state index is 9.77. The van der Waals surface area contributed by atoms with Crippen molar-refractivity contribution in [2.24, 2.45) is 5.41 Å². The molecule has 0 aromatic rings. The average molecular weight is 461 g/mol. The second kappa shape index (κ2) is 23.9. The van der Waals surface area contributed by atoms with Gasteiger partial charge in [-0.15, -0.1) is 0 Å². The second-order valence-corrected chi connectivity index (χ2v) is 9.72. The van der Waals surface area contributed by atoms with Gasteiger partial charge in [-0.25, -0.2) is 0 Å². The molecule has 0 amide bonds. The van der Waals surface area contributed by atoms with Gasteiger partial charge >= 0.3 is 0 Å². The lowest BCUT2D eigenvalue weighted by Gasteiger charge is -2.30. The Morgan fingerprint density at radius 3 is 1.47 bits per heavy atom. The van der Waals surface area contributed by atoms with E-state index in [0.29, 0.717) is 13.2 Å². The Kier molecular flexibility index (Phi) is 23.8. The first-order valence-corrected chi connectivity index (χ1v) is 13.7. The molecule has 0 fully saturated rings. The van der Waals surface area contributed by atoms with E-state index in [4.69, 9.17) is 14.6 Å². The van der Waals surface area contributed by atoms with Crippen molar-refractivity contribution in [3.63, 3.8) is 0 Å². The van der Waals surface area contributed by atoms with E-state index in [9.17, 15) is 10.2 Å². The fourth-order valence-electron chi connectivity index (χ4n) is 3.95. The second-order valence-electron chi connectivity index (χ2n) is 9.72. The quantitative estimate of drug-likeness (QED) is 0.137. The zero-order chi connectivity index (χ0) is 23.8. The van der Waals surface area contributed by atoms with Gasteiger partial charge in [-0.1, -0.05) is 110 Å². The molecule has 32 heavy (non-hydrogen) atoms. The van der Waals surface area contributed by atoms with Crippen LogP contribution in [0.5, 0.6) is 0 Å². The van der Waals surface area contributed by atoms with Gasteiger partial charge in [0.05, 0.1) is 33.0 Å². The predicted octanol–water partition coefficient (Wildman–Crippen LogP) is 6.02. The fourth-order valence-corrected chi connectivity index (χ4v) is 3.95. The Labute approximate surface area is 199 Å². The summed E-state index contributed by atoms with van der Waals surface area (Å²) in [6.07, 6.45) is 21.6. The molecule has 2 atom stereocenters. The van der Waals surface area contributed by atoms with Crippen LogP contribution in [0.4, 0.5) is 0 Å². The average Bonchev–Trinajstić information content (AvgIpc) is 2.82. The first-order valence-electron chi connectivity index (χ1n) is 13.7. The summed E-state index contributed by atoms with van der Waals surface area (Å²) in [6.45, 7) is 5.58. The molecule has 0 saturated heterocycles. The van der Waals surface area contributed by atoms with Crippen molar-refractivity contribution in [3.05, 3.63) is 0 Å². The lowest BCUT2D eigenvalue weighted by atomic mass is 9.88. The molecule has 5 nitrogen and oxygen atoms in total. The van der Waals surface area contributed by atoms with E-state index < -0.39 is 11.5 Å². The zero-order valence-electron chi connectivity index (χ0n) is 21.5. The summed E-state index contributed by atoms with van der Waals surface area (Å²) < 4.78 is 11.3. The molecule has 0 heterocycles. The summed E-state index contributed by atoms with van der Waals surface area (Å²) in [4.78, 5) is 0. The first-order chi connectivity index (χ1) is 15.6. The highest BCUT2D eigenvalue weighted by Gasteiger charge is 2.28. The van der Waals surface area contributed by atoms with E-state index in [0.717, 1.165) is 19.4 Å². The van der Waals surface area contributed by atoms with Gasteiger partial charge in [0.1, 0.15) is 6.10 Å². The summed E-state index contributed by atoms with van der Waals surface area (Å²) in [5.74, 6) is 0. The highest BCUT2D eigenvalue weighted by molar-refractivity contribution is 4.77. The number of rotatable bonds is 26. The molecule has 0 aliphatic carbocycles. The van der Waals surface area contributed by atoms with Gasteiger partial charge in [0.15, 0.2) is 0 Å². The molecule has 2 unspecified atom stereocenters. The topological polar surface area (TPSA) is 79.2 Å². The highest BCUT2D eigenvalue weighted by atomic mass is 16.5. The number of aliphatic hydroxyl groups excluding tert-OH is 3. The fraction of sp³-hybridized carbons (Fsp3) is 1.00. The molecular weight excluding hydrogens is 404 g/mol. The monoisotopic (exact) mass is 460 g/mol. The molecule has 0 aliphatic heterocycles. The summed E-state index contributed by atoms with van der Waals surface area (Å²) in [5, 5.41) is 28.0. The van der Waals surface area contributed by atoms with E-state index in [1.54, 1.807) is 0 Å². The smallest absolute Gasteiger partial charge is 0.100 e. The lowest BCUT2D eigenvalue weighted by molar-refractivity contribution is -0.0742. The van der Waals surface area contributed by atoms with Gasteiger partial charge in [0, 0.05) is 12.0 Å². The number of hydrogen-bond donors (Lipinski definition) is 3. The van der Waals surface area contributed by atoms with Crippen LogP contribution in [-0.4, -0.2) is 61.1 Å². The summed E-state index contributed by atoms with van der Waals surface area (Å²) >= 11 is 0. The Balaban J connectivity index is 3.46. The van der Waals surface area contributed by atoms with Gasteiger partial charge in [-0.2, -0.15) is 0 Å². The van der Waals surface area contributed by atoms with Crippen molar-refractivity contribution < 1.29 is 24.8 Å². The van der Waals surface area contributed by atoms with E-state index in [-0.39, 0.29) is 19.8 Å². The molecule has 0 aromatic heterocycles. The van der Waals surface area contributed by atoms with Crippen LogP contribution in [0.2, 0.25) is 0 Å². The summed E-state index contributed by atoms with van der Waals surface area (Å²) in [7, 11) is 0. The van der Waals surface area contributed by atoms with E-state index in [1.165, 1.54) is 96.3 Å². The van der Waals surface area contributed by atoms with Gasteiger partial charge in [0.2, 0.25) is 0 Å². The lowest BCUT2D eigenvalue weighted by Crippen LogP contribution is -2.37. The molecule has 3 N–H and O–H groups in total. The van der Waals surface area contributed by atoms with Crippen LogP contribution in [0.1, 0.15) is 123 Å². The Hall–Kier alpha value is -0.200. The predicted molar refractivity (Wildman–Crippen MR) is 134 cm³/mol. The number of unbranched alkanes of at least 4 members (excludes halogenated alkanes) is 15. The molecule has 0 bridgehead atoms. The Morgan fingerprint density at radius 1 is 0.625 bits per heavy atom. The zero-order valence-corrected chi connectivity index (χ0v) is 21.5. The van der Waals surface area contributed by atoms with Crippen LogP contribution in [-0.2, 0) is 9.47 Å². The number of aliphatic hydroxyl groups is 3. The van der Waals surface area contributed by atoms with Crippen LogP contribution in [0.15, 0.2) is 0 Å². The molecule has 194 valence electrons. The van der Waals surface area contributed by atoms with Crippen molar-refractivity contribution in [1.29, 1.82) is 0 Å². The molecule has 0 radical (unpaired) electrons. The third-order valence-corrected chi connectivity index (χ3v) is 6.57. The van der Waals surface area contributed by atoms with Crippen LogP contribution < -0.4 is 0 Å². The minimum Gasteiger partial charge on any atom is -0.396 e. The van der Waals surface area contributed by atoms with Gasteiger partial charge in [-0.05, 0) is 12.8 Å². The minimum atomic E-state index is -0.866. The number of hydrogen-bond acceptors (Lipinski definition) is 5. The van der Waals surface area contributed by atoms with Crippen molar-refractivity contribution >= 4 is 0 Å². The highest BCUT2D eigenvalue weighted by Crippen LogP contribution is 2.23. The summed E-state index contributed by atoms with van der Waals surface area (Å²) in [5.41, 5.74) is -0.426. The van der Waals surface area contributed by atoms with Crippen LogP contribution >= 0.6 is 0 Å². The molecule has 0 rings (SSSR count). The largest absolute Gasteiger partial charge is 0.396 e. The molecule has 0 aliphatic rings. The van der Waals surface area contributed by atoms with Crippen molar-refractivity contribution in [1.82, 2.24) is 0 Å². The van der Waals surface area contributed by atoms with E-state index >= 15 is 0 Å². The van der Waals surface area contributed by atoms with Crippen LogP contribution in [0.3, 0.4) is 0 Å². The van der Waals surface area contributed by atoms with Crippen molar-refractivity contribution in [2.45, 2.75) is 129 Å². The minimum absolute atomic E-state index is 0.00230. The standard InChI is InChI=1S/C27H56O5/c1-3-5-6-7-8-9-10-11-12-13-14-15-16-17-18-19-20-31-24-27(4-2,23-29)25-32-22-26(30)21-28/h26,28-30H,3-25H2,1-2H3. The SMILES string of the molecule is CCCCCCCCCCCCCCCCCCOCC(CC)(CO)COCC(O)CO. The molecule has 0 aromatic carbocycles. The van der Waals surface area contributed by atoms with Crippen molar-refractivity contribution in [2.75, 3.05) is 39.6 Å². The van der Waals surface area contributed by atoms with Gasteiger partial charge < -0.3 is 24.8 Å². The Morgan fingerprint density at radius 2 is 1.06 bits per heavy atom. The maximum Gasteiger partial charge on any atom is 0.100 e. The van der Waals surface area contributed by atoms with E-state index in [2.05, 4.69) is 6.92 Å². The van der Waals surface area contributed by atoms with Gasteiger partial charge in [0.25, 0.3) is 0 Å². The van der Waals surface area contributed by atoms with Crippen LogP contribution in [0.25, 0.3) is 0 Å². The Bertz CT molecular complexity index is 360. The maximum absolute atomic E-state index is 9.77. The normalized spacial score (nSPS) is 14.5. The number of ether oxygens (including phenoxy) is 2. The third-order valence-electron chi connectivity index (χ3n) is 6.57. The third kappa shape index (κ3) is 19.3. The van der Waals surface area contributed by atoms with Crippen LogP contribution in [0, 0.1) is 5.41 Å². The molecule has 5 heteroatoms. The molecule has 0 spiro atoms. The molecular formula is C27H56O5. The van der Waals surface area contributed by atoms with Crippen molar-refractivity contribution in [3.8, 4) is 0 Å². The van der Waals surface area contributed by atoms with E-state index in [1.807, 2.05) is 6.92 Å². The molecule has 0 saturated carbocycles.